The Morgan fingerprint density at radius 3 is 2.59 bits per heavy atom. The number of amides is 1. The van der Waals surface area contributed by atoms with Crippen molar-refractivity contribution in [3.8, 4) is 0 Å². The predicted molar refractivity (Wildman–Crippen MR) is 71.9 cm³/mol. The van der Waals surface area contributed by atoms with E-state index in [2.05, 4.69) is 28.2 Å². The van der Waals surface area contributed by atoms with Crippen molar-refractivity contribution >= 4 is 21.8 Å². The number of hydrogen-bond acceptors (Lipinski definition) is 1. The van der Waals surface area contributed by atoms with E-state index in [9.17, 15) is 4.79 Å². The fraction of sp³-hybridized carbons (Fsp3) is 0.929. The monoisotopic (exact) mass is 299 g/mol. The number of rotatable bonds is 5. The Balaban J connectivity index is 1.46. The molecule has 0 aromatic heterocycles. The maximum Gasteiger partial charge on any atom is 0.223 e. The maximum absolute atomic E-state index is 12.1. The van der Waals surface area contributed by atoms with Crippen molar-refractivity contribution in [3.05, 3.63) is 0 Å². The summed E-state index contributed by atoms with van der Waals surface area (Å²) < 4.78 is 0. The molecular weight excluding hydrogens is 278 g/mol. The van der Waals surface area contributed by atoms with Gasteiger partial charge in [-0.2, -0.15) is 0 Å². The van der Waals surface area contributed by atoms with Crippen LogP contribution >= 0.6 is 15.9 Å². The number of fused-ring (bicyclic) bond motifs is 5. The Bertz CT molecular complexity index is 303. The molecule has 3 aliphatic carbocycles. The van der Waals surface area contributed by atoms with Gasteiger partial charge in [0.05, 0.1) is 0 Å². The molecule has 96 valence electrons. The van der Waals surface area contributed by atoms with Gasteiger partial charge in [-0.25, -0.2) is 0 Å². The molecule has 0 aromatic carbocycles. The van der Waals surface area contributed by atoms with Crippen LogP contribution in [0.15, 0.2) is 0 Å². The minimum absolute atomic E-state index is 0.345. The molecule has 3 rings (SSSR count). The first-order chi connectivity index (χ1) is 8.22. The quantitative estimate of drug-likeness (QED) is 0.777. The molecule has 3 heteroatoms. The average Bonchev–Trinajstić information content (AvgIpc) is 2.75. The number of hydrogen-bond donors (Lipinski definition) is 1. The lowest BCUT2D eigenvalue weighted by Gasteiger charge is -2.12. The molecule has 0 saturated heterocycles. The van der Waals surface area contributed by atoms with Gasteiger partial charge in [0.15, 0.2) is 0 Å². The first-order valence-corrected chi connectivity index (χ1v) is 8.05. The van der Waals surface area contributed by atoms with Crippen molar-refractivity contribution in [2.75, 3.05) is 6.54 Å². The third-order valence-corrected chi connectivity index (χ3v) is 5.92. The van der Waals surface area contributed by atoms with Crippen LogP contribution in [0.2, 0.25) is 0 Å². The van der Waals surface area contributed by atoms with Crippen molar-refractivity contribution in [1.29, 1.82) is 0 Å². The van der Waals surface area contributed by atoms with Gasteiger partial charge < -0.3 is 5.32 Å². The van der Waals surface area contributed by atoms with Crippen LogP contribution in [0.1, 0.15) is 39.0 Å². The standard InChI is InChI=1S/C14H22BrNO/c1-2-3-10(15)7-16-14(17)13-11-8-4-5-9(6-8)12(11)13/h8-13H,2-7H2,1H3,(H,16,17). The minimum atomic E-state index is 0.345. The summed E-state index contributed by atoms with van der Waals surface area (Å²) in [5.74, 6) is 4.08. The van der Waals surface area contributed by atoms with Crippen LogP contribution in [0, 0.1) is 29.6 Å². The third kappa shape index (κ3) is 2.05. The summed E-state index contributed by atoms with van der Waals surface area (Å²) in [4.78, 5) is 12.6. The smallest absolute Gasteiger partial charge is 0.223 e. The molecule has 17 heavy (non-hydrogen) atoms. The number of alkyl halides is 1. The minimum Gasteiger partial charge on any atom is -0.355 e. The summed E-state index contributed by atoms with van der Waals surface area (Å²) in [5.41, 5.74) is 0. The van der Waals surface area contributed by atoms with E-state index in [0.717, 1.165) is 36.6 Å². The van der Waals surface area contributed by atoms with Crippen LogP contribution in [-0.4, -0.2) is 17.3 Å². The third-order valence-electron chi connectivity index (χ3n) is 5.14. The Hall–Kier alpha value is -0.0500. The predicted octanol–water partition coefficient (Wildman–Crippen LogP) is 2.96. The molecule has 0 heterocycles. The molecular formula is C14H22BrNO. The largest absolute Gasteiger partial charge is 0.355 e. The highest BCUT2D eigenvalue weighted by atomic mass is 79.9. The molecule has 1 N–H and O–H groups in total. The Kier molecular flexibility index (Phi) is 3.22. The molecule has 3 fully saturated rings. The Labute approximate surface area is 112 Å². The van der Waals surface area contributed by atoms with Gasteiger partial charge in [0, 0.05) is 17.3 Å². The summed E-state index contributed by atoms with van der Waals surface area (Å²) in [6, 6.07) is 0. The second kappa shape index (κ2) is 4.56. The fourth-order valence-electron chi connectivity index (χ4n) is 4.42. The summed E-state index contributed by atoms with van der Waals surface area (Å²) in [6.45, 7) is 2.98. The molecule has 0 radical (unpaired) electrons. The molecule has 0 aliphatic heterocycles. The van der Waals surface area contributed by atoms with Gasteiger partial charge in [0.25, 0.3) is 0 Å². The fourth-order valence-corrected chi connectivity index (χ4v) is 5.04. The highest BCUT2D eigenvalue weighted by Crippen LogP contribution is 2.69. The van der Waals surface area contributed by atoms with E-state index in [4.69, 9.17) is 0 Å². The van der Waals surface area contributed by atoms with E-state index >= 15 is 0 Å². The first kappa shape index (κ1) is 12.0. The topological polar surface area (TPSA) is 29.1 Å². The van der Waals surface area contributed by atoms with Crippen molar-refractivity contribution in [2.45, 2.75) is 43.9 Å². The van der Waals surface area contributed by atoms with Crippen molar-refractivity contribution in [2.24, 2.45) is 29.6 Å². The second-order valence-electron chi connectivity index (χ2n) is 6.14. The van der Waals surface area contributed by atoms with Crippen LogP contribution in [0.4, 0.5) is 0 Å². The van der Waals surface area contributed by atoms with Crippen LogP contribution in [0.25, 0.3) is 0 Å². The normalized spacial score (nSPS) is 43.3. The van der Waals surface area contributed by atoms with Crippen molar-refractivity contribution in [3.63, 3.8) is 0 Å². The lowest BCUT2D eigenvalue weighted by atomic mass is 10.0. The van der Waals surface area contributed by atoms with E-state index in [-0.39, 0.29) is 0 Å². The van der Waals surface area contributed by atoms with Crippen molar-refractivity contribution in [1.82, 2.24) is 5.32 Å². The van der Waals surface area contributed by atoms with Gasteiger partial charge in [-0.3, -0.25) is 4.79 Å². The number of carbonyl (C=O) groups is 1. The Morgan fingerprint density at radius 2 is 2.00 bits per heavy atom. The van der Waals surface area contributed by atoms with Crippen LogP contribution < -0.4 is 5.32 Å². The lowest BCUT2D eigenvalue weighted by molar-refractivity contribution is -0.123. The lowest BCUT2D eigenvalue weighted by Crippen LogP contribution is -2.32. The van der Waals surface area contributed by atoms with Crippen molar-refractivity contribution < 1.29 is 4.79 Å². The summed E-state index contributed by atoms with van der Waals surface area (Å²) in [5, 5.41) is 3.14. The summed E-state index contributed by atoms with van der Waals surface area (Å²) in [7, 11) is 0. The summed E-state index contributed by atoms with van der Waals surface area (Å²) >= 11 is 3.62. The molecule has 5 atom stereocenters. The first-order valence-electron chi connectivity index (χ1n) is 7.14. The zero-order valence-electron chi connectivity index (χ0n) is 10.5. The van der Waals surface area contributed by atoms with Crippen LogP contribution in [0.3, 0.4) is 0 Å². The molecule has 3 aliphatic rings. The van der Waals surface area contributed by atoms with E-state index in [0.29, 0.717) is 16.7 Å². The molecule has 2 bridgehead atoms. The van der Waals surface area contributed by atoms with E-state index < -0.39 is 0 Å². The maximum atomic E-state index is 12.1. The number of nitrogens with one attached hydrogen (secondary N) is 1. The highest BCUT2D eigenvalue weighted by Gasteiger charge is 2.67. The van der Waals surface area contributed by atoms with Gasteiger partial charge >= 0.3 is 0 Å². The molecule has 2 nitrogen and oxygen atoms in total. The molecule has 5 unspecified atom stereocenters. The molecule has 0 aromatic rings. The van der Waals surface area contributed by atoms with E-state index in [1.165, 1.54) is 25.7 Å². The SMILES string of the molecule is CCCC(Br)CNC(=O)C1C2C3CCC(C3)C12. The van der Waals surface area contributed by atoms with E-state index in [1.54, 1.807) is 0 Å². The number of halogens is 1. The van der Waals surface area contributed by atoms with Gasteiger partial charge in [0.2, 0.25) is 5.91 Å². The Morgan fingerprint density at radius 1 is 1.35 bits per heavy atom. The van der Waals surface area contributed by atoms with Gasteiger partial charge in [-0.15, -0.1) is 0 Å². The highest BCUT2D eigenvalue weighted by molar-refractivity contribution is 9.09. The second-order valence-corrected chi connectivity index (χ2v) is 7.44. The average molecular weight is 300 g/mol. The molecule has 3 saturated carbocycles. The molecule has 0 spiro atoms. The zero-order chi connectivity index (χ0) is 12.0. The van der Waals surface area contributed by atoms with Crippen LogP contribution in [-0.2, 0) is 4.79 Å². The zero-order valence-corrected chi connectivity index (χ0v) is 12.1. The van der Waals surface area contributed by atoms with Gasteiger partial charge in [-0.05, 0) is 49.4 Å². The summed E-state index contributed by atoms with van der Waals surface area (Å²) in [6.07, 6.45) is 6.53. The van der Waals surface area contributed by atoms with Gasteiger partial charge in [0.1, 0.15) is 0 Å². The van der Waals surface area contributed by atoms with E-state index in [1.807, 2.05) is 0 Å². The molecule has 1 amide bonds. The van der Waals surface area contributed by atoms with Crippen LogP contribution in [0.5, 0.6) is 0 Å². The number of carbonyl (C=O) groups excluding carboxylic acids is 1. The van der Waals surface area contributed by atoms with Gasteiger partial charge in [-0.1, -0.05) is 29.3 Å².